The molecular weight excluding hydrogens is 410 g/mol. The molecule has 0 aliphatic heterocycles. The average molecular weight is 438 g/mol. The van der Waals surface area contributed by atoms with Crippen LogP contribution in [-0.4, -0.2) is 28.0 Å². The Hall–Kier alpha value is -2.10. The molecule has 1 aromatic carbocycles. The third-order valence-corrected chi connectivity index (χ3v) is 6.31. The van der Waals surface area contributed by atoms with Crippen molar-refractivity contribution in [2.24, 2.45) is 26.3 Å². The van der Waals surface area contributed by atoms with E-state index in [0.717, 1.165) is 4.70 Å². The van der Waals surface area contributed by atoms with E-state index in [9.17, 15) is 13.8 Å². The van der Waals surface area contributed by atoms with Crippen LogP contribution in [-0.2, 0) is 19.4 Å². The molecule has 0 radical (unpaired) electrons. The molecule has 2 rings (SSSR count). The van der Waals surface area contributed by atoms with Crippen molar-refractivity contribution in [3.05, 3.63) is 29.6 Å². The molecule has 0 fully saturated rings. The third-order valence-electron chi connectivity index (χ3n) is 3.78. The first-order valence-corrected chi connectivity index (χ1v) is 11.7. The zero-order valence-corrected chi connectivity index (χ0v) is 18.9. The lowest BCUT2D eigenvalue weighted by Crippen LogP contribution is -2.24. The van der Waals surface area contributed by atoms with Crippen LogP contribution >= 0.6 is 11.3 Å². The predicted octanol–water partition coefficient (Wildman–Crippen LogP) is 4.80. The number of benzene rings is 1. The van der Waals surface area contributed by atoms with Gasteiger partial charge in [-0.15, -0.1) is 15.7 Å². The van der Waals surface area contributed by atoms with Crippen molar-refractivity contribution < 1.29 is 18.5 Å². The summed E-state index contributed by atoms with van der Waals surface area (Å²) in [6, 6.07) is 7.36. The quantitative estimate of drug-likeness (QED) is 0.677. The second kappa shape index (κ2) is 9.15. The molecule has 2 amide bonds. The number of carbonyl (C=O) groups is 2. The molecule has 9 heteroatoms. The second-order valence-corrected chi connectivity index (χ2v) is 10.8. The number of rotatable bonds is 5. The molecule has 0 spiro atoms. The van der Waals surface area contributed by atoms with Crippen molar-refractivity contribution >= 4 is 49.6 Å². The molecule has 1 aromatic heterocycles. The van der Waals surface area contributed by atoms with E-state index in [1.54, 1.807) is 32.2 Å². The Morgan fingerprint density at radius 1 is 1.28 bits per heavy atom. The highest BCUT2D eigenvalue weighted by Gasteiger charge is 2.23. The van der Waals surface area contributed by atoms with Crippen LogP contribution in [0.3, 0.4) is 0 Å². The van der Waals surface area contributed by atoms with Crippen LogP contribution in [0.1, 0.15) is 41.0 Å². The van der Waals surface area contributed by atoms with Crippen LogP contribution < -0.4 is 5.14 Å². The molecular formula is C20H27N3O4S2. The Bertz CT molecular complexity index is 1040. The highest BCUT2D eigenvalue weighted by Crippen LogP contribution is 2.29. The summed E-state index contributed by atoms with van der Waals surface area (Å²) < 4.78 is 22.9. The zero-order valence-electron chi connectivity index (χ0n) is 17.2. The lowest BCUT2D eigenvalue weighted by atomic mass is 9.98. The number of aliphatic imine (C=N–C) groups is 1. The summed E-state index contributed by atoms with van der Waals surface area (Å²) >= 11 is 1.39. The predicted molar refractivity (Wildman–Crippen MR) is 118 cm³/mol. The second-order valence-electron chi connectivity index (χ2n) is 8.09. The fourth-order valence-corrected chi connectivity index (χ4v) is 5.18. The van der Waals surface area contributed by atoms with Gasteiger partial charge in [0.15, 0.2) is 0 Å². The van der Waals surface area contributed by atoms with Crippen LogP contribution in [0.2, 0.25) is 0 Å². The van der Waals surface area contributed by atoms with Gasteiger partial charge in [0.1, 0.15) is 15.5 Å². The van der Waals surface area contributed by atoms with Gasteiger partial charge in [-0.25, -0.2) is 14.1 Å². The smallest absolute Gasteiger partial charge is 0.433 e. The van der Waals surface area contributed by atoms with Gasteiger partial charge in [0, 0.05) is 21.7 Å². The minimum absolute atomic E-state index is 0.125. The van der Waals surface area contributed by atoms with Gasteiger partial charge < -0.3 is 4.74 Å². The van der Waals surface area contributed by atoms with Gasteiger partial charge in [-0.1, -0.05) is 32.0 Å². The third kappa shape index (κ3) is 6.73. The van der Waals surface area contributed by atoms with Crippen LogP contribution in [0.4, 0.5) is 4.79 Å². The van der Waals surface area contributed by atoms with E-state index in [4.69, 9.17) is 9.88 Å². The Morgan fingerprint density at radius 3 is 2.55 bits per heavy atom. The fourth-order valence-electron chi connectivity index (χ4n) is 2.60. The van der Waals surface area contributed by atoms with Crippen molar-refractivity contribution in [3.8, 4) is 0 Å². The van der Waals surface area contributed by atoms with E-state index >= 15 is 0 Å². The summed E-state index contributed by atoms with van der Waals surface area (Å²) in [5.41, 5.74) is -0.693. The summed E-state index contributed by atoms with van der Waals surface area (Å²) in [5.74, 6) is -1.37. The van der Waals surface area contributed by atoms with Gasteiger partial charge in [-0.3, -0.25) is 4.79 Å². The van der Waals surface area contributed by atoms with Gasteiger partial charge in [0.2, 0.25) is 0 Å². The van der Waals surface area contributed by atoms with Gasteiger partial charge in [-0.05, 0) is 39.2 Å². The molecule has 29 heavy (non-hydrogen) atoms. The number of nitrogens with two attached hydrogens (primary N) is 1. The first-order chi connectivity index (χ1) is 13.4. The SMILES string of the molecule is CC(C)CC(C=NC(=O)OC(C)(C)C)C(=O)N=S(N)(=O)c1csc2ccccc12. The number of nitrogens with zero attached hydrogens (tertiary/aromatic N) is 2. The summed E-state index contributed by atoms with van der Waals surface area (Å²) in [4.78, 5) is 28.7. The normalized spacial score (nSPS) is 15.4. The standard InChI is InChI=1S/C20H27N3O4S2/c1-13(2)10-14(11-22-19(25)27-20(3,4)5)18(24)23-29(21,26)17-12-28-16-9-7-6-8-15(16)17/h6-9,11-14H,10H2,1-5H3,(H2,21,23,24,26). The van der Waals surface area contributed by atoms with E-state index in [-0.39, 0.29) is 5.92 Å². The summed E-state index contributed by atoms with van der Waals surface area (Å²) in [6.45, 7) is 9.02. The minimum atomic E-state index is -3.43. The molecule has 2 unspecified atom stereocenters. The molecule has 0 bridgehead atoms. The van der Waals surface area contributed by atoms with Gasteiger partial charge in [-0.2, -0.15) is 4.99 Å². The largest absolute Gasteiger partial charge is 0.442 e. The Morgan fingerprint density at radius 2 is 1.93 bits per heavy atom. The van der Waals surface area contributed by atoms with Crippen molar-refractivity contribution in [2.75, 3.05) is 0 Å². The maximum absolute atomic E-state index is 13.1. The zero-order chi connectivity index (χ0) is 21.8. The Kier molecular flexibility index (Phi) is 7.31. The first-order valence-electron chi connectivity index (χ1n) is 9.21. The van der Waals surface area contributed by atoms with E-state index in [1.807, 2.05) is 32.0 Å². The lowest BCUT2D eigenvalue weighted by molar-refractivity contribution is -0.119. The molecule has 1 heterocycles. The monoisotopic (exact) mass is 437 g/mol. The lowest BCUT2D eigenvalue weighted by Gasteiger charge is -2.17. The van der Waals surface area contributed by atoms with Gasteiger partial charge in [0.05, 0.1) is 10.8 Å². The van der Waals surface area contributed by atoms with Crippen molar-refractivity contribution in [1.29, 1.82) is 0 Å². The number of hydrogen-bond acceptors (Lipinski definition) is 5. The molecule has 7 nitrogen and oxygen atoms in total. The molecule has 158 valence electrons. The van der Waals surface area contributed by atoms with Crippen LogP contribution in [0, 0.1) is 11.8 Å². The molecule has 0 aliphatic carbocycles. The summed E-state index contributed by atoms with van der Waals surface area (Å²) in [5, 5.41) is 8.34. The van der Waals surface area contributed by atoms with Crippen molar-refractivity contribution in [2.45, 2.75) is 51.5 Å². The van der Waals surface area contributed by atoms with Crippen molar-refractivity contribution in [1.82, 2.24) is 0 Å². The number of thiophene rings is 1. The van der Waals surface area contributed by atoms with Gasteiger partial charge >= 0.3 is 6.09 Å². The van der Waals surface area contributed by atoms with Crippen LogP contribution in [0.5, 0.6) is 0 Å². The highest BCUT2D eigenvalue weighted by atomic mass is 32.2. The molecule has 2 aromatic rings. The number of hydrogen-bond donors (Lipinski definition) is 1. The van der Waals surface area contributed by atoms with Crippen LogP contribution in [0.15, 0.2) is 43.9 Å². The maximum atomic E-state index is 13.1. The van der Waals surface area contributed by atoms with E-state index in [1.165, 1.54) is 17.6 Å². The number of amides is 2. The van der Waals surface area contributed by atoms with E-state index in [2.05, 4.69) is 9.36 Å². The first kappa shape index (κ1) is 23.2. The molecule has 2 atom stereocenters. The van der Waals surface area contributed by atoms with Crippen molar-refractivity contribution in [3.63, 3.8) is 0 Å². The molecule has 0 aliphatic rings. The Balaban J connectivity index is 2.33. The average Bonchev–Trinajstić information content (AvgIpc) is 3.01. The number of ether oxygens (including phenoxy) is 1. The maximum Gasteiger partial charge on any atom is 0.433 e. The molecule has 0 saturated heterocycles. The highest BCUT2D eigenvalue weighted by molar-refractivity contribution is 7.92. The number of carbonyl (C=O) groups excluding carboxylic acids is 2. The Labute approximate surface area is 175 Å². The van der Waals surface area contributed by atoms with E-state index < -0.39 is 33.4 Å². The number of fused-ring (bicyclic) bond motifs is 1. The fraction of sp³-hybridized carbons (Fsp3) is 0.450. The summed E-state index contributed by atoms with van der Waals surface area (Å²) in [7, 11) is -3.43. The van der Waals surface area contributed by atoms with E-state index in [0.29, 0.717) is 16.7 Å². The van der Waals surface area contributed by atoms with Gasteiger partial charge in [0.25, 0.3) is 5.91 Å². The topological polar surface area (TPSA) is 111 Å². The minimum Gasteiger partial charge on any atom is -0.442 e. The summed E-state index contributed by atoms with van der Waals surface area (Å²) in [6.07, 6.45) is 0.798. The van der Waals surface area contributed by atoms with Crippen LogP contribution in [0.25, 0.3) is 10.1 Å². The molecule has 0 saturated carbocycles. The molecule has 2 N–H and O–H groups in total.